The van der Waals surface area contributed by atoms with Gasteiger partial charge in [-0.25, -0.2) is 0 Å². The predicted octanol–water partition coefficient (Wildman–Crippen LogP) is 18.1. The van der Waals surface area contributed by atoms with E-state index in [-0.39, 0.29) is 31.1 Å². The zero-order valence-electron chi connectivity index (χ0n) is 42.1. The summed E-state index contributed by atoms with van der Waals surface area (Å²) in [4.78, 5) is 38.0. The van der Waals surface area contributed by atoms with Crippen molar-refractivity contribution >= 4 is 17.9 Å². The van der Waals surface area contributed by atoms with Gasteiger partial charge in [0.1, 0.15) is 13.2 Å². The van der Waals surface area contributed by atoms with Crippen molar-refractivity contribution in [3.05, 3.63) is 36.5 Å². The van der Waals surface area contributed by atoms with E-state index >= 15 is 0 Å². The molecule has 0 aromatic rings. The van der Waals surface area contributed by atoms with Crippen LogP contribution in [0.3, 0.4) is 0 Å². The molecule has 0 saturated heterocycles. The molecule has 0 spiro atoms. The van der Waals surface area contributed by atoms with Crippen LogP contribution in [0.5, 0.6) is 0 Å². The summed E-state index contributed by atoms with van der Waals surface area (Å²) in [6.07, 6.45) is 61.3. The molecular weight excluding hydrogens is 781 g/mol. The van der Waals surface area contributed by atoms with Crippen LogP contribution in [0.1, 0.15) is 290 Å². The fourth-order valence-electron chi connectivity index (χ4n) is 7.93. The molecular formula is C57H104O6. The van der Waals surface area contributed by atoms with Gasteiger partial charge < -0.3 is 14.2 Å². The van der Waals surface area contributed by atoms with E-state index in [1.807, 2.05) is 0 Å². The fraction of sp³-hybridized carbons (Fsp3) is 0.842. The Labute approximate surface area is 391 Å². The molecule has 0 N–H and O–H groups in total. The largest absolute Gasteiger partial charge is 0.462 e. The maximum absolute atomic E-state index is 12.8. The molecule has 0 fully saturated rings. The third-order valence-electron chi connectivity index (χ3n) is 12.1. The average molecular weight is 885 g/mol. The second-order valence-corrected chi connectivity index (χ2v) is 18.5. The third kappa shape index (κ3) is 50.5. The second kappa shape index (κ2) is 52.3. The number of hydrogen-bond donors (Lipinski definition) is 0. The molecule has 0 aliphatic heterocycles. The van der Waals surface area contributed by atoms with Gasteiger partial charge in [0.05, 0.1) is 0 Å². The summed E-state index contributed by atoms with van der Waals surface area (Å²) in [5, 5.41) is 0. The Morgan fingerprint density at radius 1 is 0.317 bits per heavy atom. The van der Waals surface area contributed by atoms with E-state index in [1.165, 1.54) is 180 Å². The van der Waals surface area contributed by atoms with Crippen LogP contribution >= 0.6 is 0 Å². The first kappa shape index (κ1) is 60.6. The molecule has 368 valence electrons. The van der Waals surface area contributed by atoms with E-state index in [0.717, 1.165) is 70.6 Å². The maximum Gasteiger partial charge on any atom is 0.306 e. The third-order valence-corrected chi connectivity index (χ3v) is 12.1. The summed E-state index contributed by atoms with van der Waals surface area (Å²) in [7, 11) is 0. The van der Waals surface area contributed by atoms with Crippen LogP contribution in [0.15, 0.2) is 36.5 Å². The predicted molar refractivity (Wildman–Crippen MR) is 270 cm³/mol. The molecule has 0 heterocycles. The zero-order chi connectivity index (χ0) is 45.8. The van der Waals surface area contributed by atoms with Crippen molar-refractivity contribution in [3.8, 4) is 0 Å². The van der Waals surface area contributed by atoms with E-state index in [9.17, 15) is 14.4 Å². The quantitative estimate of drug-likeness (QED) is 0.0262. The summed E-state index contributed by atoms with van der Waals surface area (Å²) in [5.74, 6) is -0.875. The number of carbonyl (C=O) groups excluding carboxylic acids is 3. The van der Waals surface area contributed by atoms with E-state index in [1.54, 1.807) is 0 Å². The molecule has 0 bridgehead atoms. The Hall–Kier alpha value is -2.37. The van der Waals surface area contributed by atoms with Crippen molar-refractivity contribution in [1.29, 1.82) is 0 Å². The van der Waals surface area contributed by atoms with E-state index in [4.69, 9.17) is 14.2 Å². The Kier molecular flexibility index (Phi) is 50.3. The van der Waals surface area contributed by atoms with E-state index in [0.29, 0.717) is 19.3 Å². The molecule has 0 aromatic heterocycles. The highest BCUT2D eigenvalue weighted by atomic mass is 16.6. The van der Waals surface area contributed by atoms with Gasteiger partial charge in [-0.3, -0.25) is 14.4 Å². The zero-order valence-corrected chi connectivity index (χ0v) is 42.1. The first-order chi connectivity index (χ1) is 31.0. The van der Waals surface area contributed by atoms with Gasteiger partial charge >= 0.3 is 17.9 Å². The Morgan fingerprint density at radius 2 is 0.587 bits per heavy atom. The van der Waals surface area contributed by atoms with Crippen molar-refractivity contribution in [2.24, 2.45) is 0 Å². The van der Waals surface area contributed by atoms with Gasteiger partial charge in [-0.1, -0.05) is 237 Å². The molecule has 0 rings (SSSR count). The molecule has 0 aliphatic rings. The fourth-order valence-corrected chi connectivity index (χ4v) is 7.93. The van der Waals surface area contributed by atoms with Crippen LogP contribution in [0, 0.1) is 0 Å². The van der Waals surface area contributed by atoms with E-state index in [2.05, 4.69) is 57.2 Å². The lowest BCUT2D eigenvalue weighted by Crippen LogP contribution is -2.30. The molecule has 63 heavy (non-hydrogen) atoms. The van der Waals surface area contributed by atoms with Crippen LogP contribution in [0.4, 0.5) is 0 Å². The van der Waals surface area contributed by atoms with Crippen molar-refractivity contribution in [2.45, 2.75) is 297 Å². The highest BCUT2D eigenvalue weighted by Crippen LogP contribution is 2.16. The van der Waals surface area contributed by atoms with Gasteiger partial charge in [0.2, 0.25) is 0 Å². The normalized spacial score (nSPS) is 12.2. The minimum Gasteiger partial charge on any atom is -0.462 e. The maximum atomic E-state index is 12.8. The van der Waals surface area contributed by atoms with Crippen LogP contribution in [-0.2, 0) is 28.6 Å². The van der Waals surface area contributed by atoms with Gasteiger partial charge in [-0.2, -0.15) is 0 Å². The van der Waals surface area contributed by atoms with Crippen molar-refractivity contribution in [2.75, 3.05) is 13.2 Å². The Morgan fingerprint density at radius 3 is 0.937 bits per heavy atom. The molecule has 6 heteroatoms. The number of esters is 3. The average Bonchev–Trinajstić information content (AvgIpc) is 3.28. The highest BCUT2D eigenvalue weighted by Gasteiger charge is 2.19. The highest BCUT2D eigenvalue weighted by molar-refractivity contribution is 5.71. The summed E-state index contributed by atoms with van der Waals surface area (Å²) in [5.41, 5.74) is 0. The minimum atomic E-state index is -0.773. The van der Waals surface area contributed by atoms with Crippen molar-refractivity contribution in [3.63, 3.8) is 0 Å². The number of unbranched alkanes of at least 4 members (excludes halogenated alkanes) is 33. The molecule has 0 aliphatic carbocycles. The Bertz CT molecular complexity index is 1060. The summed E-state index contributed by atoms with van der Waals surface area (Å²) < 4.78 is 16.8. The minimum absolute atomic E-state index is 0.0740. The molecule has 1 unspecified atom stereocenters. The topological polar surface area (TPSA) is 78.9 Å². The van der Waals surface area contributed by atoms with Gasteiger partial charge in [-0.15, -0.1) is 0 Å². The van der Waals surface area contributed by atoms with Gasteiger partial charge in [0.25, 0.3) is 0 Å². The first-order valence-electron chi connectivity index (χ1n) is 27.5. The number of rotatable bonds is 50. The van der Waals surface area contributed by atoms with Gasteiger partial charge in [0.15, 0.2) is 6.10 Å². The number of carbonyl (C=O) groups is 3. The SMILES string of the molecule is CCCC/C=C\CCCCCCCC(=O)OCC(COC(=O)CCCCCCCCCCC/C=C\C/C=C\CCCCCCC)OC(=O)CCCCCCCCCCCCCCC. The standard InChI is InChI=1S/C57H104O6/c1-4-7-10-13-16-19-22-24-25-26-27-28-29-30-31-33-35-38-41-44-47-50-56(59)62-53-54(52-61-55(58)49-46-43-40-37-34-21-18-15-12-9-6-3)63-57(60)51-48-45-42-39-36-32-23-20-17-14-11-8-5-2/h15,18,22,24,26-27,54H,4-14,16-17,19-21,23,25,28-53H2,1-3H3/b18-15-,24-22-,27-26-. The van der Waals surface area contributed by atoms with Crippen molar-refractivity contribution < 1.29 is 28.6 Å². The van der Waals surface area contributed by atoms with Crippen LogP contribution in [0.2, 0.25) is 0 Å². The molecule has 6 nitrogen and oxygen atoms in total. The monoisotopic (exact) mass is 885 g/mol. The van der Waals surface area contributed by atoms with Crippen LogP contribution in [0.25, 0.3) is 0 Å². The molecule has 1 atom stereocenters. The van der Waals surface area contributed by atoms with Crippen molar-refractivity contribution in [1.82, 2.24) is 0 Å². The number of hydrogen-bond acceptors (Lipinski definition) is 6. The summed E-state index contributed by atoms with van der Waals surface area (Å²) in [6, 6.07) is 0. The summed E-state index contributed by atoms with van der Waals surface area (Å²) in [6.45, 7) is 6.60. The Balaban J connectivity index is 4.28. The lowest BCUT2D eigenvalue weighted by molar-refractivity contribution is -0.167. The second-order valence-electron chi connectivity index (χ2n) is 18.5. The van der Waals surface area contributed by atoms with Crippen LogP contribution in [-0.4, -0.2) is 37.2 Å². The molecule has 0 amide bonds. The van der Waals surface area contributed by atoms with Gasteiger partial charge in [-0.05, 0) is 70.6 Å². The van der Waals surface area contributed by atoms with E-state index < -0.39 is 6.10 Å². The number of ether oxygens (including phenoxy) is 3. The first-order valence-corrected chi connectivity index (χ1v) is 27.5. The smallest absolute Gasteiger partial charge is 0.306 e. The van der Waals surface area contributed by atoms with Gasteiger partial charge in [0, 0.05) is 19.3 Å². The number of allylic oxidation sites excluding steroid dienone is 6. The lowest BCUT2D eigenvalue weighted by Gasteiger charge is -2.18. The molecule has 0 saturated carbocycles. The lowest BCUT2D eigenvalue weighted by atomic mass is 10.0. The molecule has 0 aromatic carbocycles. The molecule has 0 radical (unpaired) electrons. The summed E-state index contributed by atoms with van der Waals surface area (Å²) >= 11 is 0. The van der Waals surface area contributed by atoms with Crippen LogP contribution < -0.4 is 0 Å².